The molecule has 1 unspecified atom stereocenters. The highest BCUT2D eigenvalue weighted by atomic mass is 19.1. The number of carboxylic acids is 1. The largest absolute Gasteiger partial charge is 0.481 e. The van der Waals surface area contributed by atoms with Crippen LogP contribution in [0.3, 0.4) is 0 Å². The quantitative estimate of drug-likeness (QED) is 0.907. The molecule has 132 valence electrons. The molecule has 1 fully saturated rings. The van der Waals surface area contributed by atoms with Crippen molar-refractivity contribution in [1.82, 2.24) is 4.90 Å². The maximum Gasteiger partial charge on any atom is 0.306 e. The molecule has 1 aliphatic rings. The molecule has 2 aromatic rings. The van der Waals surface area contributed by atoms with Gasteiger partial charge in [0.15, 0.2) is 0 Å². The fourth-order valence-corrected chi connectivity index (χ4v) is 3.39. The van der Waals surface area contributed by atoms with E-state index in [1.807, 2.05) is 4.90 Å². The fraction of sp³-hybridized carbons (Fsp3) is 0.316. The second-order valence-electron chi connectivity index (χ2n) is 6.27. The summed E-state index contributed by atoms with van der Waals surface area (Å²) in [6.07, 6.45) is 0.869. The molecule has 3 rings (SSSR count). The fourth-order valence-electron chi connectivity index (χ4n) is 3.39. The summed E-state index contributed by atoms with van der Waals surface area (Å²) < 4.78 is 41.4. The van der Waals surface area contributed by atoms with Crippen molar-refractivity contribution in [2.75, 3.05) is 13.1 Å². The van der Waals surface area contributed by atoms with Crippen LogP contribution in [0.5, 0.6) is 0 Å². The zero-order chi connectivity index (χ0) is 18.0. The van der Waals surface area contributed by atoms with Gasteiger partial charge in [-0.25, -0.2) is 13.2 Å². The van der Waals surface area contributed by atoms with Crippen molar-refractivity contribution in [3.63, 3.8) is 0 Å². The Balaban J connectivity index is 1.97. The summed E-state index contributed by atoms with van der Waals surface area (Å²) in [5, 5.41) is 9.14. The Hall–Kier alpha value is -2.34. The smallest absolute Gasteiger partial charge is 0.306 e. The van der Waals surface area contributed by atoms with E-state index in [0.29, 0.717) is 31.5 Å². The number of hydrogen-bond donors (Lipinski definition) is 1. The summed E-state index contributed by atoms with van der Waals surface area (Å²) in [5.41, 5.74) is 0.806. The minimum atomic E-state index is -0.838. The van der Waals surface area contributed by atoms with Crippen molar-refractivity contribution in [1.29, 1.82) is 0 Å². The van der Waals surface area contributed by atoms with Gasteiger partial charge in [0.05, 0.1) is 12.0 Å². The van der Waals surface area contributed by atoms with Gasteiger partial charge in [-0.15, -0.1) is 0 Å². The molecule has 6 heteroatoms. The summed E-state index contributed by atoms with van der Waals surface area (Å²) in [5.74, 6) is -3.08. The number of hydrogen-bond acceptors (Lipinski definition) is 2. The van der Waals surface area contributed by atoms with Gasteiger partial charge in [-0.3, -0.25) is 9.69 Å². The second-order valence-corrected chi connectivity index (χ2v) is 6.27. The molecule has 2 aromatic carbocycles. The SMILES string of the molecule is O=C(O)C1CCN(C(c2cccc(F)c2)c2ccc(F)cc2F)CC1. The molecule has 1 saturated heterocycles. The van der Waals surface area contributed by atoms with Gasteiger partial charge in [-0.05, 0) is 49.7 Å². The van der Waals surface area contributed by atoms with E-state index in [0.717, 1.165) is 6.07 Å². The highest BCUT2D eigenvalue weighted by molar-refractivity contribution is 5.70. The highest BCUT2D eigenvalue weighted by Gasteiger charge is 2.31. The van der Waals surface area contributed by atoms with Gasteiger partial charge in [-0.1, -0.05) is 18.2 Å². The number of rotatable bonds is 4. The zero-order valence-electron chi connectivity index (χ0n) is 13.5. The molecule has 0 saturated carbocycles. The first-order chi connectivity index (χ1) is 12.0. The molecule has 1 N–H and O–H groups in total. The van der Waals surface area contributed by atoms with E-state index in [1.54, 1.807) is 12.1 Å². The van der Waals surface area contributed by atoms with Gasteiger partial charge in [-0.2, -0.15) is 0 Å². The average molecular weight is 349 g/mol. The highest BCUT2D eigenvalue weighted by Crippen LogP contribution is 2.34. The van der Waals surface area contributed by atoms with Gasteiger partial charge < -0.3 is 5.11 Å². The predicted molar refractivity (Wildman–Crippen MR) is 86.5 cm³/mol. The van der Waals surface area contributed by atoms with Crippen LogP contribution in [0.4, 0.5) is 13.2 Å². The monoisotopic (exact) mass is 349 g/mol. The molecule has 0 amide bonds. The van der Waals surface area contributed by atoms with Crippen LogP contribution < -0.4 is 0 Å². The molecular weight excluding hydrogens is 331 g/mol. The Morgan fingerprint density at radius 2 is 1.72 bits per heavy atom. The number of carboxylic acid groups (broad SMARTS) is 1. The number of piperidine rings is 1. The normalized spacial score (nSPS) is 17.4. The van der Waals surface area contributed by atoms with E-state index in [4.69, 9.17) is 5.11 Å². The minimum Gasteiger partial charge on any atom is -0.481 e. The van der Waals surface area contributed by atoms with Crippen LogP contribution in [0.15, 0.2) is 42.5 Å². The minimum absolute atomic E-state index is 0.251. The summed E-state index contributed by atoms with van der Waals surface area (Å²) in [6, 6.07) is 8.63. The van der Waals surface area contributed by atoms with Gasteiger partial charge >= 0.3 is 5.97 Å². The van der Waals surface area contributed by atoms with Crippen molar-refractivity contribution in [3.8, 4) is 0 Å². The molecule has 1 heterocycles. The second kappa shape index (κ2) is 7.27. The van der Waals surface area contributed by atoms with E-state index >= 15 is 0 Å². The first-order valence-corrected chi connectivity index (χ1v) is 8.13. The van der Waals surface area contributed by atoms with Crippen molar-refractivity contribution < 1.29 is 23.1 Å². The molecule has 25 heavy (non-hydrogen) atoms. The molecule has 0 bridgehead atoms. The van der Waals surface area contributed by atoms with E-state index < -0.39 is 35.4 Å². The lowest BCUT2D eigenvalue weighted by Crippen LogP contribution is -2.39. The van der Waals surface area contributed by atoms with Crippen molar-refractivity contribution in [2.24, 2.45) is 5.92 Å². The van der Waals surface area contributed by atoms with Crippen molar-refractivity contribution in [2.45, 2.75) is 18.9 Å². The van der Waals surface area contributed by atoms with Gasteiger partial charge in [0.2, 0.25) is 0 Å². The van der Waals surface area contributed by atoms with Crippen LogP contribution in [0.1, 0.15) is 30.0 Å². The van der Waals surface area contributed by atoms with Crippen LogP contribution in [-0.4, -0.2) is 29.1 Å². The first kappa shape index (κ1) is 17.5. The Morgan fingerprint density at radius 1 is 1.04 bits per heavy atom. The Labute approximate surface area is 143 Å². The maximum atomic E-state index is 14.4. The number of nitrogens with zero attached hydrogens (tertiary/aromatic N) is 1. The molecular formula is C19H18F3NO2. The lowest BCUT2D eigenvalue weighted by molar-refractivity contribution is -0.143. The van der Waals surface area contributed by atoms with E-state index in [1.165, 1.54) is 24.3 Å². The van der Waals surface area contributed by atoms with Crippen LogP contribution in [0.25, 0.3) is 0 Å². The third-order valence-electron chi connectivity index (χ3n) is 4.67. The number of aliphatic carboxylic acids is 1. The third-order valence-corrected chi connectivity index (χ3v) is 4.67. The summed E-state index contributed by atoms with van der Waals surface area (Å²) in [7, 11) is 0. The molecule has 1 aliphatic heterocycles. The summed E-state index contributed by atoms with van der Waals surface area (Å²) in [4.78, 5) is 13.1. The number of carbonyl (C=O) groups is 1. The third kappa shape index (κ3) is 3.85. The average Bonchev–Trinajstić information content (AvgIpc) is 2.58. The van der Waals surface area contributed by atoms with Crippen LogP contribution >= 0.6 is 0 Å². The lowest BCUT2D eigenvalue weighted by atomic mass is 9.91. The van der Waals surface area contributed by atoms with Crippen molar-refractivity contribution in [3.05, 3.63) is 71.0 Å². The molecule has 3 nitrogen and oxygen atoms in total. The zero-order valence-corrected chi connectivity index (χ0v) is 13.5. The Morgan fingerprint density at radius 3 is 2.32 bits per heavy atom. The van der Waals surface area contributed by atoms with Crippen LogP contribution in [0, 0.1) is 23.4 Å². The predicted octanol–water partition coefficient (Wildman–Crippen LogP) is 3.99. The van der Waals surface area contributed by atoms with Gasteiger partial charge in [0.1, 0.15) is 17.5 Å². The Kier molecular flexibility index (Phi) is 5.08. The summed E-state index contributed by atoms with van der Waals surface area (Å²) in [6.45, 7) is 0.879. The molecule has 0 radical (unpaired) electrons. The lowest BCUT2D eigenvalue weighted by Gasteiger charge is -2.37. The maximum absolute atomic E-state index is 14.4. The first-order valence-electron chi connectivity index (χ1n) is 8.13. The number of benzene rings is 2. The van der Waals surface area contributed by atoms with Gasteiger partial charge in [0.25, 0.3) is 0 Å². The van der Waals surface area contributed by atoms with E-state index in [9.17, 15) is 18.0 Å². The molecule has 0 spiro atoms. The molecule has 0 aliphatic carbocycles. The Bertz CT molecular complexity index is 773. The number of likely N-dealkylation sites (tertiary alicyclic amines) is 1. The topological polar surface area (TPSA) is 40.5 Å². The summed E-state index contributed by atoms with van der Waals surface area (Å²) >= 11 is 0. The van der Waals surface area contributed by atoms with E-state index in [-0.39, 0.29) is 5.56 Å². The van der Waals surface area contributed by atoms with Crippen LogP contribution in [-0.2, 0) is 4.79 Å². The van der Waals surface area contributed by atoms with E-state index in [2.05, 4.69) is 0 Å². The molecule has 0 aromatic heterocycles. The standard InChI is InChI=1S/C19H18F3NO2/c20-14-3-1-2-13(10-14)18(16-5-4-15(21)11-17(16)22)23-8-6-12(7-9-23)19(24)25/h1-5,10-12,18H,6-9H2,(H,24,25). The van der Waals surface area contributed by atoms with Crippen molar-refractivity contribution >= 4 is 5.97 Å². The molecule has 1 atom stereocenters. The van der Waals surface area contributed by atoms with Gasteiger partial charge in [0, 0.05) is 11.6 Å². The number of halogens is 3. The van der Waals surface area contributed by atoms with Crippen LogP contribution in [0.2, 0.25) is 0 Å².